The molecular weight excluding hydrogens is 228 g/mol. The lowest BCUT2D eigenvalue weighted by Crippen LogP contribution is -2.44. The maximum atomic E-state index is 11.3. The highest BCUT2D eigenvalue weighted by Gasteiger charge is 2.18. The summed E-state index contributed by atoms with van der Waals surface area (Å²) in [6, 6.07) is 7.70. The first-order valence-electron chi connectivity index (χ1n) is 6.14. The Morgan fingerprint density at radius 2 is 1.94 bits per heavy atom. The van der Waals surface area contributed by atoms with Gasteiger partial charge in [-0.1, -0.05) is 38.1 Å². The zero-order valence-corrected chi connectivity index (χ0v) is 11.3. The quantitative estimate of drug-likeness (QED) is 0.769. The molecule has 0 fully saturated rings. The minimum atomic E-state index is -0.311. The fraction of sp³-hybridized carbons (Fsp3) is 0.500. The number of carbonyl (C=O) groups excluding carboxylic acids is 1. The molecule has 0 aliphatic rings. The molecular formula is C14H22N2O2. The van der Waals surface area contributed by atoms with E-state index < -0.39 is 0 Å². The highest BCUT2D eigenvalue weighted by molar-refractivity contribution is 5.80. The lowest BCUT2D eigenvalue weighted by molar-refractivity contribution is -0.121. The SMILES string of the molecule is COCc1ccccc1CNC(C(N)=O)C(C)C. The van der Waals surface area contributed by atoms with Crippen LogP contribution in [0.1, 0.15) is 25.0 Å². The number of primary amides is 1. The van der Waals surface area contributed by atoms with Crippen LogP contribution in [0.2, 0.25) is 0 Å². The topological polar surface area (TPSA) is 64.3 Å². The number of benzene rings is 1. The van der Waals surface area contributed by atoms with Crippen molar-refractivity contribution >= 4 is 5.91 Å². The smallest absolute Gasteiger partial charge is 0.234 e. The Hall–Kier alpha value is -1.39. The van der Waals surface area contributed by atoms with E-state index in [9.17, 15) is 4.79 Å². The Kier molecular flexibility index (Phi) is 5.82. The number of hydrogen-bond donors (Lipinski definition) is 2. The van der Waals surface area contributed by atoms with Crippen LogP contribution in [0.3, 0.4) is 0 Å². The fourth-order valence-corrected chi connectivity index (χ4v) is 1.91. The Morgan fingerprint density at radius 3 is 2.44 bits per heavy atom. The summed E-state index contributed by atoms with van der Waals surface area (Å²) in [7, 11) is 1.67. The molecule has 18 heavy (non-hydrogen) atoms. The normalized spacial score (nSPS) is 12.7. The lowest BCUT2D eigenvalue weighted by Gasteiger charge is -2.20. The lowest BCUT2D eigenvalue weighted by atomic mass is 10.0. The summed E-state index contributed by atoms with van der Waals surface area (Å²) >= 11 is 0. The van der Waals surface area contributed by atoms with Crippen molar-refractivity contribution in [2.45, 2.75) is 33.0 Å². The van der Waals surface area contributed by atoms with E-state index in [0.29, 0.717) is 13.2 Å². The van der Waals surface area contributed by atoms with Gasteiger partial charge in [0.25, 0.3) is 0 Å². The Bertz CT molecular complexity index is 391. The summed E-state index contributed by atoms with van der Waals surface area (Å²) in [5.41, 5.74) is 7.63. The largest absolute Gasteiger partial charge is 0.380 e. The average Bonchev–Trinajstić information content (AvgIpc) is 2.31. The van der Waals surface area contributed by atoms with Crippen molar-refractivity contribution in [3.63, 3.8) is 0 Å². The zero-order chi connectivity index (χ0) is 13.5. The molecule has 0 saturated carbocycles. The van der Waals surface area contributed by atoms with Crippen LogP contribution in [0.15, 0.2) is 24.3 Å². The van der Waals surface area contributed by atoms with E-state index in [1.165, 1.54) is 0 Å². The van der Waals surface area contributed by atoms with Crippen molar-refractivity contribution in [3.8, 4) is 0 Å². The van der Waals surface area contributed by atoms with Crippen molar-refractivity contribution < 1.29 is 9.53 Å². The van der Waals surface area contributed by atoms with Gasteiger partial charge < -0.3 is 15.8 Å². The standard InChI is InChI=1S/C14H22N2O2/c1-10(2)13(14(15)17)16-8-11-6-4-5-7-12(11)9-18-3/h4-7,10,13,16H,8-9H2,1-3H3,(H2,15,17). The number of ether oxygens (including phenoxy) is 1. The molecule has 1 unspecified atom stereocenters. The number of amides is 1. The summed E-state index contributed by atoms with van der Waals surface area (Å²) < 4.78 is 5.15. The number of rotatable bonds is 7. The molecule has 0 bridgehead atoms. The summed E-state index contributed by atoms with van der Waals surface area (Å²) in [5.74, 6) is -0.133. The molecule has 100 valence electrons. The Labute approximate surface area is 109 Å². The van der Waals surface area contributed by atoms with E-state index >= 15 is 0 Å². The summed E-state index contributed by atoms with van der Waals surface area (Å²) in [5, 5.41) is 3.20. The van der Waals surface area contributed by atoms with Crippen LogP contribution in [0.4, 0.5) is 0 Å². The molecule has 0 heterocycles. The maximum Gasteiger partial charge on any atom is 0.234 e. The van der Waals surface area contributed by atoms with Gasteiger partial charge in [-0.05, 0) is 17.0 Å². The minimum absolute atomic E-state index is 0.178. The van der Waals surface area contributed by atoms with Crippen LogP contribution in [-0.2, 0) is 22.7 Å². The van der Waals surface area contributed by atoms with Gasteiger partial charge in [0.2, 0.25) is 5.91 Å². The van der Waals surface area contributed by atoms with Crippen LogP contribution in [-0.4, -0.2) is 19.1 Å². The third kappa shape index (κ3) is 4.13. The van der Waals surface area contributed by atoms with Gasteiger partial charge in [-0.2, -0.15) is 0 Å². The van der Waals surface area contributed by atoms with E-state index in [2.05, 4.69) is 5.32 Å². The number of nitrogens with two attached hydrogens (primary N) is 1. The first-order valence-corrected chi connectivity index (χ1v) is 6.14. The van der Waals surface area contributed by atoms with Crippen LogP contribution >= 0.6 is 0 Å². The summed E-state index contributed by atoms with van der Waals surface area (Å²) in [4.78, 5) is 11.3. The van der Waals surface area contributed by atoms with E-state index in [-0.39, 0.29) is 17.9 Å². The molecule has 1 aromatic carbocycles. The van der Waals surface area contributed by atoms with Crippen LogP contribution in [0, 0.1) is 5.92 Å². The van der Waals surface area contributed by atoms with Crippen LogP contribution < -0.4 is 11.1 Å². The molecule has 1 atom stereocenters. The maximum absolute atomic E-state index is 11.3. The monoisotopic (exact) mass is 250 g/mol. The predicted molar refractivity (Wildman–Crippen MR) is 71.8 cm³/mol. The van der Waals surface area contributed by atoms with Gasteiger partial charge >= 0.3 is 0 Å². The van der Waals surface area contributed by atoms with Crippen molar-refractivity contribution in [2.75, 3.05) is 7.11 Å². The average molecular weight is 250 g/mol. The van der Waals surface area contributed by atoms with Gasteiger partial charge in [0.1, 0.15) is 0 Å². The number of nitrogens with one attached hydrogen (secondary N) is 1. The zero-order valence-electron chi connectivity index (χ0n) is 11.3. The third-order valence-electron chi connectivity index (χ3n) is 2.90. The van der Waals surface area contributed by atoms with Gasteiger partial charge in [-0.3, -0.25) is 4.79 Å². The number of hydrogen-bond acceptors (Lipinski definition) is 3. The Morgan fingerprint density at radius 1 is 1.33 bits per heavy atom. The van der Waals surface area contributed by atoms with E-state index in [1.54, 1.807) is 7.11 Å². The second kappa shape index (κ2) is 7.13. The number of carbonyl (C=O) groups is 1. The molecule has 1 aromatic rings. The summed E-state index contributed by atoms with van der Waals surface area (Å²) in [6.07, 6.45) is 0. The molecule has 3 N–H and O–H groups in total. The molecule has 0 aliphatic heterocycles. The van der Waals surface area contributed by atoms with Gasteiger partial charge in [0, 0.05) is 13.7 Å². The van der Waals surface area contributed by atoms with Crippen molar-refractivity contribution in [1.82, 2.24) is 5.32 Å². The molecule has 0 spiro atoms. The molecule has 4 nitrogen and oxygen atoms in total. The molecule has 4 heteroatoms. The summed E-state index contributed by atoms with van der Waals surface area (Å²) in [6.45, 7) is 5.14. The molecule has 1 rings (SSSR count). The van der Waals surface area contributed by atoms with Crippen LogP contribution in [0.25, 0.3) is 0 Å². The van der Waals surface area contributed by atoms with Gasteiger partial charge in [-0.15, -0.1) is 0 Å². The first kappa shape index (κ1) is 14.7. The van der Waals surface area contributed by atoms with Crippen molar-refractivity contribution in [2.24, 2.45) is 11.7 Å². The van der Waals surface area contributed by atoms with E-state index in [1.807, 2.05) is 38.1 Å². The van der Waals surface area contributed by atoms with E-state index in [0.717, 1.165) is 11.1 Å². The third-order valence-corrected chi connectivity index (χ3v) is 2.90. The molecule has 0 saturated heterocycles. The second-order valence-electron chi connectivity index (χ2n) is 4.71. The molecule has 0 aromatic heterocycles. The highest BCUT2D eigenvalue weighted by atomic mass is 16.5. The molecule has 1 amide bonds. The van der Waals surface area contributed by atoms with Gasteiger partial charge in [0.05, 0.1) is 12.6 Å². The van der Waals surface area contributed by atoms with Gasteiger partial charge in [-0.25, -0.2) is 0 Å². The first-order chi connectivity index (χ1) is 8.56. The fourth-order valence-electron chi connectivity index (χ4n) is 1.91. The highest BCUT2D eigenvalue weighted by Crippen LogP contribution is 2.11. The number of methoxy groups -OCH3 is 1. The van der Waals surface area contributed by atoms with Crippen LogP contribution in [0.5, 0.6) is 0 Å². The van der Waals surface area contributed by atoms with Crippen molar-refractivity contribution in [3.05, 3.63) is 35.4 Å². The second-order valence-corrected chi connectivity index (χ2v) is 4.71. The Balaban J connectivity index is 2.70. The predicted octanol–water partition coefficient (Wildman–Crippen LogP) is 1.43. The van der Waals surface area contributed by atoms with Gasteiger partial charge in [0.15, 0.2) is 0 Å². The van der Waals surface area contributed by atoms with Crippen molar-refractivity contribution in [1.29, 1.82) is 0 Å². The minimum Gasteiger partial charge on any atom is -0.380 e. The molecule has 0 radical (unpaired) electrons. The van der Waals surface area contributed by atoms with E-state index in [4.69, 9.17) is 10.5 Å². The molecule has 0 aliphatic carbocycles.